The van der Waals surface area contributed by atoms with E-state index in [9.17, 15) is 0 Å². The summed E-state index contributed by atoms with van der Waals surface area (Å²) < 4.78 is 5.80. The van der Waals surface area contributed by atoms with Gasteiger partial charge in [0, 0.05) is 37.4 Å². The SMILES string of the molecule is c1ccc(NCCCN2CCOc3ccccc3C2)cc1. The van der Waals surface area contributed by atoms with E-state index in [1.165, 1.54) is 11.3 Å². The van der Waals surface area contributed by atoms with E-state index in [2.05, 4.69) is 52.7 Å². The van der Waals surface area contributed by atoms with Crippen molar-refractivity contribution in [3.05, 3.63) is 60.2 Å². The van der Waals surface area contributed by atoms with Crippen LogP contribution in [0.3, 0.4) is 0 Å². The van der Waals surface area contributed by atoms with Gasteiger partial charge in [-0.15, -0.1) is 0 Å². The summed E-state index contributed by atoms with van der Waals surface area (Å²) in [7, 11) is 0. The molecule has 0 saturated heterocycles. The number of para-hydroxylation sites is 2. The molecule has 1 aliphatic rings. The van der Waals surface area contributed by atoms with Crippen LogP contribution in [0.2, 0.25) is 0 Å². The maximum absolute atomic E-state index is 5.80. The van der Waals surface area contributed by atoms with Gasteiger partial charge in [-0.2, -0.15) is 0 Å². The first-order valence-corrected chi connectivity index (χ1v) is 7.64. The molecule has 1 N–H and O–H groups in total. The third kappa shape index (κ3) is 3.99. The van der Waals surface area contributed by atoms with Gasteiger partial charge < -0.3 is 10.1 Å². The van der Waals surface area contributed by atoms with Gasteiger partial charge in [0.1, 0.15) is 12.4 Å². The zero-order chi connectivity index (χ0) is 14.3. The van der Waals surface area contributed by atoms with Crippen molar-refractivity contribution < 1.29 is 4.74 Å². The number of nitrogens with zero attached hydrogens (tertiary/aromatic N) is 1. The number of benzene rings is 2. The lowest BCUT2D eigenvalue weighted by Crippen LogP contribution is -2.28. The van der Waals surface area contributed by atoms with E-state index in [-0.39, 0.29) is 0 Å². The first kappa shape index (κ1) is 14.0. The van der Waals surface area contributed by atoms with Gasteiger partial charge in [-0.1, -0.05) is 36.4 Å². The molecule has 0 fully saturated rings. The van der Waals surface area contributed by atoms with Crippen molar-refractivity contribution in [1.29, 1.82) is 0 Å². The van der Waals surface area contributed by atoms with Crippen LogP contribution >= 0.6 is 0 Å². The third-order valence-corrected chi connectivity index (χ3v) is 3.79. The summed E-state index contributed by atoms with van der Waals surface area (Å²) in [6, 6.07) is 18.7. The van der Waals surface area contributed by atoms with Crippen LogP contribution in [0.25, 0.3) is 0 Å². The summed E-state index contributed by atoms with van der Waals surface area (Å²) in [5.74, 6) is 1.04. The van der Waals surface area contributed by atoms with E-state index in [1.54, 1.807) is 0 Å². The number of ether oxygens (including phenoxy) is 1. The number of hydrogen-bond donors (Lipinski definition) is 1. The maximum Gasteiger partial charge on any atom is 0.123 e. The Hall–Kier alpha value is -2.00. The Kier molecular flexibility index (Phi) is 4.74. The molecule has 0 unspecified atom stereocenters. The van der Waals surface area contributed by atoms with Gasteiger partial charge in [0.05, 0.1) is 0 Å². The Morgan fingerprint density at radius 3 is 2.71 bits per heavy atom. The van der Waals surface area contributed by atoms with Gasteiger partial charge >= 0.3 is 0 Å². The van der Waals surface area contributed by atoms with E-state index < -0.39 is 0 Å². The number of anilines is 1. The van der Waals surface area contributed by atoms with Crippen molar-refractivity contribution in [2.45, 2.75) is 13.0 Å². The topological polar surface area (TPSA) is 24.5 Å². The minimum atomic E-state index is 0.781. The molecule has 2 aromatic carbocycles. The summed E-state index contributed by atoms with van der Waals surface area (Å²) in [4.78, 5) is 2.47. The predicted octanol–water partition coefficient (Wildman–Crippen LogP) is 3.38. The normalized spacial score (nSPS) is 14.9. The molecule has 1 heterocycles. The van der Waals surface area contributed by atoms with Crippen LogP contribution < -0.4 is 10.1 Å². The average Bonchev–Trinajstić information content (AvgIpc) is 2.74. The third-order valence-electron chi connectivity index (χ3n) is 3.79. The van der Waals surface area contributed by atoms with Crippen molar-refractivity contribution in [2.75, 3.05) is 31.6 Å². The molecule has 3 heteroatoms. The van der Waals surface area contributed by atoms with E-state index in [4.69, 9.17) is 4.74 Å². The Balaban J connectivity index is 1.45. The highest BCUT2D eigenvalue weighted by atomic mass is 16.5. The Morgan fingerprint density at radius 2 is 1.81 bits per heavy atom. The van der Waals surface area contributed by atoms with Gasteiger partial charge in [0.2, 0.25) is 0 Å². The van der Waals surface area contributed by atoms with Gasteiger partial charge in [-0.25, -0.2) is 0 Å². The van der Waals surface area contributed by atoms with Crippen LogP contribution in [-0.2, 0) is 6.54 Å². The van der Waals surface area contributed by atoms with Crippen molar-refractivity contribution in [1.82, 2.24) is 4.90 Å². The predicted molar refractivity (Wildman–Crippen MR) is 86.8 cm³/mol. The molecule has 3 rings (SSSR count). The highest BCUT2D eigenvalue weighted by molar-refractivity contribution is 5.42. The van der Waals surface area contributed by atoms with Gasteiger partial charge in [0.25, 0.3) is 0 Å². The van der Waals surface area contributed by atoms with Crippen molar-refractivity contribution in [2.24, 2.45) is 0 Å². The zero-order valence-corrected chi connectivity index (χ0v) is 12.3. The molecule has 0 bridgehead atoms. The second-order valence-corrected chi connectivity index (χ2v) is 5.38. The fraction of sp³-hybridized carbons (Fsp3) is 0.333. The van der Waals surface area contributed by atoms with Crippen LogP contribution in [0, 0.1) is 0 Å². The van der Waals surface area contributed by atoms with Crippen LogP contribution in [-0.4, -0.2) is 31.1 Å². The first-order valence-electron chi connectivity index (χ1n) is 7.64. The zero-order valence-electron chi connectivity index (χ0n) is 12.3. The van der Waals surface area contributed by atoms with Crippen LogP contribution in [0.5, 0.6) is 5.75 Å². The Bertz CT molecular complexity index is 556. The summed E-state index contributed by atoms with van der Waals surface area (Å²) >= 11 is 0. The number of nitrogens with one attached hydrogen (secondary N) is 1. The minimum absolute atomic E-state index is 0.781. The second-order valence-electron chi connectivity index (χ2n) is 5.38. The quantitative estimate of drug-likeness (QED) is 0.851. The van der Waals surface area contributed by atoms with Crippen molar-refractivity contribution >= 4 is 5.69 Å². The molecule has 0 spiro atoms. The van der Waals surface area contributed by atoms with E-state index in [1.807, 2.05) is 12.1 Å². The molecule has 3 nitrogen and oxygen atoms in total. The molecule has 0 radical (unpaired) electrons. The molecule has 1 aliphatic heterocycles. The molecule has 0 saturated carbocycles. The lowest BCUT2D eigenvalue weighted by atomic mass is 10.2. The van der Waals surface area contributed by atoms with Crippen LogP contribution in [0.4, 0.5) is 5.69 Å². The molecular formula is C18H22N2O. The van der Waals surface area contributed by atoms with E-state index in [0.717, 1.165) is 45.0 Å². The highest BCUT2D eigenvalue weighted by Gasteiger charge is 2.13. The van der Waals surface area contributed by atoms with Gasteiger partial charge in [0.15, 0.2) is 0 Å². The molecule has 0 amide bonds. The summed E-state index contributed by atoms with van der Waals surface area (Å²) in [6.45, 7) is 4.87. The van der Waals surface area contributed by atoms with E-state index >= 15 is 0 Å². The largest absolute Gasteiger partial charge is 0.492 e. The Labute approximate surface area is 126 Å². The molecular weight excluding hydrogens is 260 g/mol. The second kappa shape index (κ2) is 7.14. The lowest BCUT2D eigenvalue weighted by Gasteiger charge is -2.19. The number of hydrogen-bond acceptors (Lipinski definition) is 3. The first-order chi connectivity index (χ1) is 10.4. The summed E-state index contributed by atoms with van der Waals surface area (Å²) in [5.41, 5.74) is 2.49. The van der Waals surface area contributed by atoms with Gasteiger partial charge in [-0.05, 0) is 24.6 Å². The maximum atomic E-state index is 5.80. The molecule has 21 heavy (non-hydrogen) atoms. The number of rotatable bonds is 5. The average molecular weight is 282 g/mol. The van der Waals surface area contributed by atoms with Crippen molar-refractivity contribution in [3.63, 3.8) is 0 Å². The van der Waals surface area contributed by atoms with Crippen LogP contribution in [0.1, 0.15) is 12.0 Å². The molecule has 0 aliphatic carbocycles. The van der Waals surface area contributed by atoms with Gasteiger partial charge in [-0.3, -0.25) is 4.90 Å². The smallest absolute Gasteiger partial charge is 0.123 e. The Morgan fingerprint density at radius 1 is 1.00 bits per heavy atom. The molecule has 0 atom stereocenters. The minimum Gasteiger partial charge on any atom is -0.492 e. The summed E-state index contributed by atoms with van der Waals surface area (Å²) in [5, 5.41) is 3.46. The fourth-order valence-corrected chi connectivity index (χ4v) is 2.66. The van der Waals surface area contributed by atoms with Crippen molar-refractivity contribution in [3.8, 4) is 5.75 Å². The van der Waals surface area contributed by atoms with Crippen LogP contribution in [0.15, 0.2) is 54.6 Å². The molecule has 0 aromatic heterocycles. The standard InChI is InChI=1S/C18H22N2O/c1-2-8-17(9-3-1)19-11-6-12-20-13-14-21-18-10-5-4-7-16(18)15-20/h1-5,7-10,19H,6,11-15H2. The van der Waals surface area contributed by atoms with E-state index in [0.29, 0.717) is 0 Å². The monoisotopic (exact) mass is 282 g/mol. The highest BCUT2D eigenvalue weighted by Crippen LogP contribution is 2.22. The number of fused-ring (bicyclic) bond motifs is 1. The fourth-order valence-electron chi connectivity index (χ4n) is 2.66. The molecule has 2 aromatic rings. The molecule has 110 valence electrons. The summed E-state index contributed by atoms with van der Waals surface area (Å²) in [6.07, 6.45) is 1.14. The lowest BCUT2D eigenvalue weighted by molar-refractivity contribution is 0.225.